The maximum Gasteiger partial charge on any atom is 0.320 e. The number of fused-ring (bicyclic) bond motifs is 1. The van der Waals surface area contributed by atoms with Gasteiger partial charge in [0.1, 0.15) is 5.82 Å². The van der Waals surface area contributed by atoms with Gasteiger partial charge in [0.05, 0.1) is 11.6 Å². The molecule has 0 saturated carbocycles. The molecule has 5 heteroatoms. The van der Waals surface area contributed by atoms with E-state index in [1.807, 2.05) is 49.4 Å². The standard InChI is InChI=1S/C18H18N4O/c1-2-15(13-6-4-3-5-7-13)21-18(23)22-17-9-8-14-12-19-11-10-16(14)20-17/h3-12,15H,2H2,1H3,(H2,20,21,22,23)/t15-/m0/s1. The molecule has 3 rings (SSSR count). The van der Waals surface area contributed by atoms with Crippen LogP contribution >= 0.6 is 0 Å². The largest absolute Gasteiger partial charge is 0.331 e. The second-order valence-electron chi connectivity index (χ2n) is 5.23. The molecule has 0 fully saturated rings. The third kappa shape index (κ3) is 3.63. The number of amides is 2. The number of aromatic nitrogens is 2. The zero-order valence-corrected chi connectivity index (χ0v) is 12.9. The monoisotopic (exact) mass is 306 g/mol. The minimum absolute atomic E-state index is 0.0270. The number of carbonyl (C=O) groups excluding carboxylic acids is 1. The van der Waals surface area contributed by atoms with Crippen LogP contribution in [0.2, 0.25) is 0 Å². The Morgan fingerprint density at radius 3 is 2.74 bits per heavy atom. The quantitative estimate of drug-likeness (QED) is 0.768. The Morgan fingerprint density at radius 2 is 1.96 bits per heavy atom. The van der Waals surface area contributed by atoms with E-state index in [0.29, 0.717) is 5.82 Å². The summed E-state index contributed by atoms with van der Waals surface area (Å²) in [6.07, 6.45) is 4.24. The van der Waals surface area contributed by atoms with Crippen LogP contribution in [0.4, 0.5) is 10.6 Å². The van der Waals surface area contributed by atoms with E-state index in [1.165, 1.54) is 0 Å². The van der Waals surface area contributed by atoms with Gasteiger partial charge >= 0.3 is 6.03 Å². The minimum Gasteiger partial charge on any atom is -0.331 e. The van der Waals surface area contributed by atoms with Gasteiger partial charge in [-0.1, -0.05) is 37.3 Å². The number of anilines is 1. The van der Waals surface area contributed by atoms with Crippen LogP contribution in [0.25, 0.3) is 10.9 Å². The summed E-state index contributed by atoms with van der Waals surface area (Å²) in [6, 6.07) is 15.1. The third-order valence-corrected chi connectivity index (χ3v) is 3.65. The van der Waals surface area contributed by atoms with E-state index in [9.17, 15) is 4.79 Å². The number of nitrogens with one attached hydrogen (secondary N) is 2. The van der Waals surface area contributed by atoms with Crippen molar-refractivity contribution in [3.8, 4) is 0 Å². The molecule has 0 unspecified atom stereocenters. The van der Waals surface area contributed by atoms with Gasteiger partial charge < -0.3 is 5.32 Å². The average Bonchev–Trinajstić information content (AvgIpc) is 2.60. The number of pyridine rings is 2. The zero-order valence-electron chi connectivity index (χ0n) is 12.9. The highest BCUT2D eigenvalue weighted by atomic mass is 16.2. The zero-order chi connectivity index (χ0) is 16.1. The lowest BCUT2D eigenvalue weighted by Gasteiger charge is -2.17. The molecular formula is C18H18N4O. The average molecular weight is 306 g/mol. The summed E-state index contributed by atoms with van der Waals surface area (Å²) in [6.45, 7) is 2.04. The summed E-state index contributed by atoms with van der Waals surface area (Å²) >= 11 is 0. The summed E-state index contributed by atoms with van der Waals surface area (Å²) < 4.78 is 0. The van der Waals surface area contributed by atoms with Gasteiger partial charge in [0.15, 0.2) is 0 Å². The highest BCUT2D eigenvalue weighted by Crippen LogP contribution is 2.17. The van der Waals surface area contributed by atoms with Gasteiger partial charge in [-0.2, -0.15) is 0 Å². The topological polar surface area (TPSA) is 66.9 Å². The molecule has 0 bridgehead atoms. The smallest absolute Gasteiger partial charge is 0.320 e. The van der Waals surface area contributed by atoms with Crippen LogP contribution in [0.1, 0.15) is 24.9 Å². The third-order valence-electron chi connectivity index (χ3n) is 3.65. The Hall–Kier alpha value is -2.95. The molecule has 1 aromatic carbocycles. The molecule has 116 valence electrons. The van der Waals surface area contributed by atoms with Gasteiger partial charge in [-0.05, 0) is 30.2 Å². The summed E-state index contributed by atoms with van der Waals surface area (Å²) in [7, 11) is 0. The van der Waals surface area contributed by atoms with E-state index in [0.717, 1.165) is 22.9 Å². The van der Waals surface area contributed by atoms with Gasteiger partial charge in [0.2, 0.25) is 0 Å². The number of rotatable bonds is 4. The second-order valence-corrected chi connectivity index (χ2v) is 5.23. The van der Waals surface area contributed by atoms with E-state index in [4.69, 9.17) is 0 Å². The highest BCUT2D eigenvalue weighted by molar-refractivity contribution is 5.90. The molecule has 0 aliphatic rings. The fourth-order valence-electron chi connectivity index (χ4n) is 2.45. The molecule has 2 N–H and O–H groups in total. The van der Waals surface area contributed by atoms with Crippen molar-refractivity contribution in [1.82, 2.24) is 15.3 Å². The van der Waals surface area contributed by atoms with Gasteiger partial charge in [-0.3, -0.25) is 10.3 Å². The lowest BCUT2D eigenvalue weighted by Crippen LogP contribution is -2.32. The summed E-state index contributed by atoms with van der Waals surface area (Å²) in [5.74, 6) is 0.518. The number of nitrogens with zero attached hydrogens (tertiary/aromatic N) is 2. The Labute approximate surface area is 134 Å². The van der Waals surface area contributed by atoms with E-state index < -0.39 is 0 Å². The summed E-state index contributed by atoms with van der Waals surface area (Å²) in [5, 5.41) is 6.70. The Morgan fingerprint density at radius 1 is 1.13 bits per heavy atom. The second kappa shape index (κ2) is 6.87. The molecule has 0 spiro atoms. The fourth-order valence-corrected chi connectivity index (χ4v) is 2.45. The number of benzene rings is 1. The number of carbonyl (C=O) groups is 1. The Balaban J connectivity index is 1.70. The van der Waals surface area contributed by atoms with Crippen LogP contribution < -0.4 is 10.6 Å². The van der Waals surface area contributed by atoms with Crippen LogP contribution in [0.5, 0.6) is 0 Å². The van der Waals surface area contributed by atoms with E-state index >= 15 is 0 Å². The molecular weight excluding hydrogens is 288 g/mol. The van der Waals surface area contributed by atoms with Crippen molar-refractivity contribution in [2.24, 2.45) is 0 Å². The molecule has 5 nitrogen and oxygen atoms in total. The van der Waals surface area contributed by atoms with Crippen molar-refractivity contribution in [3.63, 3.8) is 0 Å². The Bertz CT molecular complexity index is 804. The SMILES string of the molecule is CC[C@H](NC(=O)Nc1ccc2cnccc2n1)c1ccccc1. The lowest BCUT2D eigenvalue weighted by atomic mass is 10.1. The van der Waals surface area contributed by atoms with Crippen molar-refractivity contribution >= 4 is 22.8 Å². The van der Waals surface area contributed by atoms with Crippen molar-refractivity contribution < 1.29 is 4.79 Å². The predicted molar refractivity (Wildman–Crippen MR) is 91.2 cm³/mol. The van der Waals surface area contributed by atoms with E-state index in [-0.39, 0.29) is 12.1 Å². The van der Waals surface area contributed by atoms with Gasteiger partial charge in [0.25, 0.3) is 0 Å². The summed E-state index contributed by atoms with van der Waals surface area (Å²) in [5.41, 5.74) is 1.88. The molecule has 0 aliphatic heterocycles. The Kier molecular flexibility index (Phi) is 4.47. The molecule has 0 aliphatic carbocycles. The van der Waals surface area contributed by atoms with Gasteiger partial charge in [-0.15, -0.1) is 0 Å². The first kappa shape index (κ1) is 15.0. The van der Waals surface area contributed by atoms with Crippen LogP contribution in [0, 0.1) is 0 Å². The van der Waals surface area contributed by atoms with Gasteiger partial charge in [0, 0.05) is 17.8 Å². The molecule has 2 amide bonds. The van der Waals surface area contributed by atoms with Gasteiger partial charge in [-0.25, -0.2) is 9.78 Å². The molecule has 0 radical (unpaired) electrons. The molecule has 2 aromatic heterocycles. The molecule has 2 heterocycles. The first-order chi connectivity index (χ1) is 11.3. The van der Waals surface area contributed by atoms with Crippen molar-refractivity contribution in [2.75, 3.05) is 5.32 Å². The number of hydrogen-bond donors (Lipinski definition) is 2. The van der Waals surface area contributed by atoms with Crippen LogP contribution in [-0.4, -0.2) is 16.0 Å². The lowest BCUT2D eigenvalue weighted by molar-refractivity contribution is 0.248. The maximum atomic E-state index is 12.2. The molecule has 1 atom stereocenters. The van der Waals surface area contributed by atoms with Crippen LogP contribution in [-0.2, 0) is 0 Å². The van der Waals surface area contributed by atoms with Crippen molar-refractivity contribution in [2.45, 2.75) is 19.4 Å². The fraction of sp³-hybridized carbons (Fsp3) is 0.167. The van der Waals surface area contributed by atoms with E-state index in [2.05, 4.69) is 20.6 Å². The summed E-state index contributed by atoms with van der Waals surface area (Å²) in [4.78, 5) is 20.7. The molecule has 0 saturated heterocycles. The predicted octanol–water partition coefficient (Wildman–Crippen LogP) is 3.90. The minimum atomic E-state index is -0.262. The molecule has 3 aromatic rings. The van der Waals surface area contributed by atoms with Crippen molar-refractivity contribution in [1.29, 1.82) is 0 Å². The number of hydrogen-bond acceptors (Lipinski definition) is 3. The van der Waals surface area contributed by atoms with E-state index in [1.54, 1.807) is 18.5 Å². The molecule has 23 heavy (non-hydrogen) atoms. The first-order valence-electron chi connectivity index (χ1n) is 7.59. The van der Waals surface area contributed by atoms with Crippen LogP contribution in [0.15, 0.2) is 60.9 Å². The van der Waals surface area contributed by atoms with Crippen LogP contribution in [0.3, 0.4) is 0 Å². The maximum absolute atomic E-state index is 12.2. The number of urea groups is 1. The highest BCUT2D eigenvalue weighted by Gasteiger charge is 2.12. The first-order valence-corrected chi connectivity index (χ1v) is 7.59. The normalized spacial score (nSPS) is 11.9. The van der Waals surface area contributed by atoms with Crippen molar-refractivity contribution in [3.05, 3.63) is 66.5 Å².